The van der Waals surface area contributed by atoms with Crippen molar-refractivity contribution in [2.75, 3.05) is 13.1 Å². The van der Waals surface area contributed by atoms with Gasteiger partial charge in [-0.15, -0.1) is 0 Å². The number of amides is 1. The predicted octanol–water partition coefficient (Wildman–Crippen LogP) is 2.04. The molecule has 1 atom stereocenters. The van der Waals surface area contributed by atoms with E-state index in [0.29, 0.717) is 5.41 Å². The van der Waals surface area contributed by atoms with E-state index in [-0.39, 0.29) is 12.1 Å². The highest BCUT2D eigenvalue weighted by Crippen LogP contribution is 2.45. The van der Waals surface area contributed by atoms with E-state index in [0.717, 1.165) is 19.5 Å². The molecule has 0 radical (unpaired) electrons. The minimum Gasteiger partial charge on any atom is -0.444 e. The molecule has 1 spiro atoms. The van der Waals surface area contributed by atoms with E-state index in [1.54, 1.807) is 0 Å². The van der Waals surface area contributed by atoms with Crippen LogP contribution in [-0.2, 0) is 4.74 Å². The Bertz CT molecular complexity index is 292. The molecule has 4 nitrogen and oxygen atoms in total. The first-order valence-electron chi connectivity index (χ1n) is 6.62. The van der Waals surface area contributed by atoms with E-state index in [2.05, 4.69) is 10.6 Å². The van der Waals surface area contributed by atoms with Gasteiger partial charge < -0.3 is 15.4 Å². The Morgan fingerprint density at radius 1 is 1.41 bits per heavy atom. The smallest absolute Gasteiger partial charge is 0.407 e. The van der Waals surface area contributed by atoms with Crippen molar-refractivity contribution >= 4 is 6.09 Å². The van der Waals surface area contributed by atoms with Crippen LogP contribution in [0.3, 0.4) is 0 Å². The monoisotopic (exact) mass is 240 g/mol. The lowest BCUT2D eigenvalue weighted by molar-refractivity contribution is 0.0201. The maximum atomic E-state index is 11.8. The second kappa shape index (κ2) is 4.48. The lowest BCUT2D eigenvalue weighted by Crippen LogP contribution is -2.60. The van der Waals surface area contributed by atoms with Crippen LogP contribution in [0, 0.1) is 5.41 Å². The van der Waals surface area contributed by atoms with Gasteiger partial charge in [0.1, 0.15) is 5.60 Å². The molecule has 1 saturated carbocycles. The highest BCUT2D eigenvalue weighted by Gasteiger charge is 2.46. The van der Waals surface area contributed by atoms with Crippen LogP contribution in [0.15, 0.2) is 0 Å². The SMILES string of the molecule is CC(C)(C)OC(=O)NC1CCNCC12CCC2. The van der Waals surface area contributed by atoms with Crippen LogP contribution in [0.4, 0.5) is 4.79 Å². The van der Waals surface area contributed by atoms with E-state index in [1.807, 2.05) is 20.8 Å². The second-order valence-corrected chi connectivity index (χ2v) is 6.38. The van der Waals surface area contributed by atoms with Crippen LogP contribution in [0.25, 0.3) is 0 Å². The minimum absolute atomic E-state index is 0.268. The van der Waals surface area contributed by atoms with E-state index in [4.69, 9.17) is 4.74 Å². The molecule has 0 aromatic rings. The fraction of sp³-hybridized carbons (Fsp3) is 0.923. The van der Waals surface area contributed by atoms with Gasteiger partial charge in [-0.05, 0) is 46.6 Å². The molecule has 2 N–H and O–H groups in total. The van der Waals surface area contributed by atoms with Crippen molar-refractivity contribution in [3.8, 4) is 0 Å². The van der Waals surface area contributed by atoms with E-state index < -0.39 is 5.60 Å². The number of alkyl carbamates (subject to hydrolysis) is 1. The maximum Gasteiger partial charge on any atom is 0.407 e. The fourth-order valence-corrected chi connectivity index (χ4v) is 2.84. The summed E-state index contributed by atoms with van der Waals surface area (Å²) in [5, 5.41) is 6.50. The van der Waals surface area contributed by atoms with Gasteiger partial charge in [0.15, 0.2) is 0 Å². The van der Waals surface area contributed by atoms with Gasteiger partial charge in [-0.2, -0.15) is 0 Å². The quantitative estimate of drug-likeness (QED) is 0.737. The third-order valence-electron chi connectivity index (χ3n) is 3.87. The largest absolute Gasteiger partial charge is 0.444 e. The van der Waals surface area contributed by atoms with E-state index in [9.17, 15) is 4.79 Å². The molecule has 2 aliphatic rings. The summed E-state index contributed by atoms with van der Waals surface area (Å²) in [5.41, 5.74) is -0.112. The van der Waals surface area contributed by atoms with Gasteiger partial charge in [0, 0.05) is 18.0 Å². The molecule has 1 unspecified atom stereocenters. The van der Waals surface area contributed by atoms with Crippen molar-refractivity contribution in [3.63, 3.8) is 0 Å². The van der Waals surface area contributed by atoms with Crippen LogP contribution in [0.2, 0.25) is 0 Å². The molecule has 2 rings (SSSR count). The number of hydrogen-bond donors (Lipinski definition) is 2. The molecule has 1 aliphatic carbocycles. The summed E-state index contributed by atoms with van der Waals surface area (Å²) < 4.78 is 5.33. The third-order valence-corrected chi connectivity index (χ3v) is 3.87. The predicted molar refractivity (Wildman–Crippen MR) is 66.9 cm³/mol. The summed E-state index contributed by atoms with van der Waals surface area (Å²) in [4.78, 5) is 11.8. The Morgan fingerprint density at radius 3 is 2.65 bits per heavy atom. The van der Waals surface area contributed by atoms with Crippen molar-refractivity contribution in [2.24, 2.45) is 5.41 Å². The number of carbonyl (C=O) groups is 1. The first-order valence-corrected chi connectivity index (χ1v) is 6.62. The van der Waals surface area contributed by atoms with Crippen molar-refractivity contribution in [2.45, 2.75) is 58.1 Å². The fourth-order valence-electron chi connectivity index (χ4n) is 2.84. The van der Waals surface area contributed by atoms with Gasteiger partial charge in [0.25, 0.3) is 0 Å². The highest BCUT2D eigenvalue weighted by atomic mass is 16.6. The highest BCUT2D eigenvalue weighted by molar-refractivity contribution is 5.68. The molecule has 1 amide bonds. The Morgan fingerprint density at radius 2 is 2.12 bits per heavy atom. The summed E-state index contributed by atoms with van der Waals surface area (Å²) >= 11 is 0. The molecule has 98 valence electrons. The van der Waals surface area contributed by atoms with Crippen LogP contribution >= 0.6 is 0 Å². The molecule has 1 aliphatic heterocycles. The zero-order chi connectivity index (χ0) is 12.5. The van der Waals surface area contributed by atoms with Crippen molar-refractivity contribution in [1.29, 1.82) is 0 Å². The number of hydrogen-bond acceptors (Lipinski definition) is 3. The first kappa shape index (κ1) is 12.7. The summed E-state index contributed by atoms with van der Waals surface area (Å²) in [6, 6.07) is 0.285. The van der Waals surface area contributed by atoms with Crippen LogP contribution < -0.4 is 10.6 Å². The average Bonchev–Trinajstić information content (AvgIpc) is 2.12. The van der Waals surface area contributed by atoms with Gasteiger partial charge >= 0.3 is 6.09 Å². The Labute approximate surface area is 103 Å². The van der Waals surface area contributed by atoms with Crippen LogP contribution in [0.1, 0.15) is 46.5 Å². The molecule has 0 aromatic carbocycles. The third kappa shape index (κ3) is 2.92. The van der Waals surface area contributed by atoms with Crippen molar-refractivity contribution < 1.29 is 9.53 Å². The molecular formula is C13H24N2O2. The minimum atomic E-state index is -0.413. The van der Waals surface area contributed by atoms with Gasteiger partial charge in [-0.1, -0.05) is 6.42 Å². The van der Waals surface area contributed by atoms with Gasteiger partial charge in [-0.3, -0.25) is 0 Å². The summed E-state index contributed by atoms with van der Waals surface area (Å²) in [5.74, 6) is 0. The molecule has 1 heterocycles. The molecule has 0 bridgehead atoms. The number of nitrogens with one attached hydrogen (secondary N) is 2. The summed E-state index contributed by atoms with van der Waals surface area (Å²) in [6.07, 6.45) is 4.48. The van der Waals surface area contributed by atoms with Crippen molar-refractivity contribution in [1.82, 2.24) is 10.6 Å². The summed E-state index contributed by atoms with van der Waals surface area (Å²) in [7, 11) is 0. The molecule has 0 aromatic heterocycles. The molecular weight excluding hydrogens is 216 g/mol. The average molecular weight is 240 g/mol. The van der Waals surface area contributed by atoms with Crippen LogP contribution in [-0.4, -0.2) is 30.8 Å². The molecule has 4 heteroatoms. The molecule has 1 saturated heterocycles. The Kier molecular flexibility index (Phi) is 3.34. The topological polar surface area (TPSA) is 50.4 Å². The Balaban J connectivity index is 1.90. The number of rotatable bonds is 1. The van der Waals surface area contributed by atoms with Gasteiger partial charge in [0.05, 0.1) is 0 Å². The van der Waals surface area contributed by atoms with Crippen molar-refractivity contribution in [3.05, 3.63) is 0 Å². The Hall–Kier alpha value is -0.770. The lowest BCUT2D eigenvalue weighted by atomic mass is 9.62. The van der Waals surface area contributed by atoms with E-state index >= 15 is 0 Å². The maximum absolute atomic E-state index is 11.8. The number of piperidine rings is 1. The van der Waals surface area contributed by atoms with Gasteiger partial charge in [0.2, 0.25) is 0 Å². The number of ether oxygens (including phenoxy) is 1. The normalized spacial score (nSPS) is 27.4. The van der Waals surface area contributed by atoms with Gasteiger partial charge in [-0.25, -0.2) is 4.79 Å². The molecule has 17 heavy (non-hydrogen) atoms. The zero-order valence-corrected chi connectivity index (χ0v) is 11.1. The first-order chi connectivity index (χ1) is 7.91. The lowest BCUT2D eigenvalue weighted by Gasteiger charge is -2.50. The summed E-state index contributed by atoms with van der Waals surface area (Å²) in [6.45, 7) is 7.71. The van der Waals surface area contributed by atoms with Crippen LogP contribution in [0.5, 0.6) is 0 Å². The zero-order valence-electron chi connectivity index (χ0n) is 11.1. The number of carbonyl (C=O) groups excluding carboxylic acids is 1. The standard InChI is InChI=1S/C13H24N2O2/c1-12(2,3)17-11(16)15-10-5-8-14-9-13(10)6-4-7-13/h10,14H,4-9H2,1-3H3,(H,15,16). The van der Waals surface area contributed by atoms with E-state index in [1.165, 1.54) is 19.3 Å². The second-order valence-electron chi connectivity index (χ2n) is 6.38. The molecule has 2 fully saturated rings.